The number of esters is 1. The van der Waals surface area contributed by atoms with Gasteiger partial charge < -0.3 is 10.1 Å². The van der Waals surface area contributed by atoms with Gasteiger partial charge in [0.15, 0.2) is 0 Å². The van der Waals surface area contributed by atoms with Crippen molar-refractivity contribution in [3.8, 4) is 0 Å². The molecule has 0 bridgehead atoms. The van der Waals surface area contributed by atoms with Crippen LogP contribution in [0.25, 0.3) is 0 Å². The van der Waals surface area contributed by atoms with Gasteiger partial charge in [-0.2, -0.15) is 0 Å². The largest absolute Gasteiger partial charge is 0.465 e. The Labute approximate surface area is 137 Å². The molecule has 0 aliphatic carbocycles. The van der Waals surface area contributed by atoms with Gasteiger partial charge in [-0.3, -0.25) is 9.59 Å². The summed E-state index contributed by atoms with van der Waals surface area (Å²) in [5.74, 6) is -0.122. The average Bonchev–Trinajstić information content (AvgIpc) is 2.53. The zero-order valence-electron chi connectivity index (χ0n) is 13.5. The van der Waals surface area contributed by atoms with Gasteiger partial charge in [-0.1, -0.05) is 43.7 Å². The van der Waals surface area contributed by atoms with Gasteiger partial charge in [-0.25, -0.2) is 0 Å². The van der Waals surface area contributed by atoms with E-state index < -0.39 is 0 Å². The van der Waals surface area contributed by atoms with Crippen LogP contribution in [0.3, 0.4) is 0 Å². The summed E-state index contributed by atoms with van der Waals surface area (Å²) in [6, 6.07) is 9.98. The molecule has 0 aromatic heterocycles. The molecular weight excluding hydrogens is 298 g/mol. The van der Waals surface area contributed by atoms with Gasteiger partial charge in [-0.15, -0.1) is 11.8 Å². The molecule has 0 fully saturated rings. The Morgan fingerprint density at radius 2 is 1.91 bits per heavy atom. The highest BCUT2D eigenvalue weighted by Gasteiger charge is 2.19. The van der Waals surface area contributed by atoms with E-state index in [1.807, 2.05) is 37.3 Å². The Bertz CT molecular complexity index is 464. The van der Waals surface area contributed by atoms with Crippen LogP contribution in [0.1, 0.15) is 45.2 Å². The van der Waals surface area contributed by atoms with E-state index in [-0.39, 0.29) is 28.9 Å². The maximum atomic E-state index is 12.3. The molecule has 2 atom stereocenters. The summed E-state index contributed by atoms with van der Waals surface area (Å²) in [6.07, 6.45) is 1.88. The highest BCUT2D eigenvalue weighted by atomic mass is 32.2. The van der Waals surface area contributed by atoms with Crippen LogP contribution in [0.5, 0.6) is 0 Å². The fourth-order valence-corrected chi connectivity index (χ4v) is 2.75. The maximum Gasteiger partial charge on any atom is 0.315 e. The predicted octanol–water partition coefficient (Wildman–Crippen LogP) is 3.33. The van der Waals surface area contributed by atoms with Gasteiger partial charge in [0.2, 0.25) is 5.91 Å². The van der Waals surface area contributed by atoms with Crippen LogP contribution in [0.15, 0.2) is 30.3 Å². The summed E-state index contributed by atoms with van der Waals surface area (Å²) in [6.45, 7) is 6.05. The molecule has 122 valence electrons. The Morgan fingerprint density at radius 1 is 1.23 bits per heavy atom. The van der Waals surface area contributed by atoms with Crippen LogP contribution < -0.4 is 5.32 Å². The second kappa shape index (κ2) is 10.3. The van der Waals surface area contributed by atoms with Gasteiger partial charge >= 0.3 is 5.97 Å². The first-order valence-electron chi connectivity index (χ1n) is 7.71. The van der Waals surface area contributed by atoms with Crippen molar-refractivity contribution in [2.45, 2.75) is 44.9 Å². The number of ether oxygens (including phenoxy) is 1. The van der Waals surface area contributed by atoms with Crippen molar-refractivity contribution < 1.29 is 14.3 Å². The maximum absolute atomic E-state index is 12.3. The molecule has 0 spiro atoms. The summed E-state index contributed by atoms with van der Waals surface area (Å²) >= 11 is 1.30. The molecule has 5 heteroatoms. The van der Waals surface area contributed by atoms with Gasteiger partial charge in [-0.05, 0) is 25.8 Å². The lowest BCUT2D eigenvalue weighted by atomic mass is 10.0. The SMILES string of the molecule is CCCC(NC(=O)C(C)SCC(=O)OCC)c1ccccc1. The number of hydrogen-bond acceptors (Lipinski definition) is 4. The molecule has 2 unspecified atom stereocenters. The molecule has 22 heavy (non-hydrogen) atoms. The number of nitrogens with one attached hydrogen (secondary N) is 1. The molecule has 1 N–H and O–H groups in total. The van der Waals surface area contributed by atoms with Crippen molar-refractivity contribution in [2.24, 2.45) is 0 Å². The third-order valence-electron chi connectivity index (χ3n) is 3.22. The van der Waals surface area contributed by atoms with E-state index in [2.05, 4.69) is 12.2 Å². The normalized spacial score (nSPS) is 13.2. The van der Waals surface area contributed by atoms with Crippen molar-refractivity contribution in [3.63, 3.8) is 0 Å². The summed E-state index contributed by atoms with van der Waals surface area (Å²) in [5.41, 5.74) is 1.11. The first kappa shape index (κ1) is 18.6. The zero-order valence-corrected chi connectivity index (χ0v) is 14.3. The zero-order chi connectivity index (χ0) is 16.4. The van der Waals surface area contributed by atoms with Crippen LogP contribution in [-0.2, 0) is 14.3 Å². The fourth-order valence-electron chi connectivity index (χ4n) is 2.06. The van der Waals surface area contributed by atoms with Gasteiger partial charge in [0.05, 0.1) is 23.7 Å². The Kier molecular flexibility index (Phi) is 8.67. The van der Waals surface area contributed by atoms with Crippen molar-refractivity contribution in [3.05, 3.63) is 35.9 Å². The third kappa shape index (κ3) is 6.52. The van der Waals surface area contributed by atoms with E-state index in [0.717, 1.165) is 18.4 Å². The fraction of sp³-hybridized carbons (Fsp3) is 0.529. The van der Waals surface area contributed by atoms with Crippen LogP contribution in [0.4, 0.5) is 0 Å². The van der Waals surface area contributed by atoms with E-state index in [4.69, 9.17) is 4.74 Å². The van der Waals surface area contributed by atoms with E-state index in [9.17, 15) is 9.59 Å². The van der Waals surface area contributed by atoms with E-state index in [1.165, 1.54) is 11.8 Å². The van der Waals surface area contributed by atoms with Gasteiger partial charge in [0, 0.05) is 0 Å². The van der Waals surface area contributed by atoms with Crippen molar-refractivity contribution in [2.75, 3.05) is 12.4 Å². The molecule has 4 nitrogen and oxygen atoms in total. The van der Waals surface area contributed by atoms with E-state index >= 15 is 0 Å². The van der Waals surface area contributed by atoms with Crippen LogP contribution >= 0.6 is 11.8 Å². The van der Waals surface area contributed by atoms with E-state index in [0.29, 0.717) is 6.61 Å². The molecule has 0 heterocycles. The summed E-state index contributed by atoms with van der Waals surface area (Å²) in [5, 5.41) is 2.79. The number of thioether (sulfide) groups is 1. The molecule has 1 rings (SSSR count). The third-order valence-corrected chi connectivity index (χ3v) is 4.34. The summed E-state index contributed by atoms with van der Waals surface area (Å²) in [7, 11) is 0. The molecule has 1 aromatic rings. The Morgan fingerprint density at radius 3 is 2.50 bits per heavy atom. The smallest absolute Gasteiger partial charge is 0.315 e. The van der Waals surface area contributed by atoms with Crippen molar-refractivity contribution in [1.82, 2.24) is 5.32 Å². The molecule has 0 saturated carbocycles. The average molecular weight is 323 g/mol. The summed E-state index contributed by atoms with van der Waals surface area (Å²) < 4.78 is 4.87. The van der Waals surface area contributed by atoms with Crippen molar-refractivity contribution >= 4 is 23.6 Å². The van der Waals surface area contributed by atoms with Crippen LogP contribution in [0.2, 0.25) is 0 Å². The monoisotopic (exact) mass is 323 g/mol. The minimum Gasteiger partial charge on any atom is -0.465 e. The first-order chi connectivity index (χ1) is 10.6. The summed E-state index contributed by atoms with van der Waals surface area (Å²) in [4.78, 5) is 23.6. The minimum absolute atomic E-state index is 0.0179. The molecule has 0 radical (unpaired) electrons. The number of carbonyl (C=O) groups excluding carboxylic acids is 2. The Balaban J connectivity index is 2.54. The number of benzene rings is 1. The molecule has 1 amide bonds. The molecule has 0 aliphatic heterocycles. The Hall–Kier alpha value is -1.49. The molecule has 0 saturated heterocycles. The highest BCUT2D eigenvalue weighted by Crippen LogP contribution is 2.20. The second-order valence-electron chi connectivity index (χ2n) is 5.02. The minimum atomic E-state index is -0.285. The lowest BCUT2D eigenvalue weighted by molar-refractivity contribution is -0.139. The lowest BCUT2D eigenvalue weighted by Crippen LogP contribution is -2.34. The lowest BCUT2D eigenvalue weighted by Gasteiger charge is -2.21. The number of amides is 1. The first-order valence-corrected chi connectivity index (χ1v) is 8.75. The van der Waals surface area contributed by atoms with Crippen molar-refractivity contribution in [1.29, 1.82) is 0 Å². The second-order valence-corrected chi connectivity index (χ2v) is 6.35. The number of hydrogen-bond donors (Lipinski definition) is 1. The van der Waals surface area contributed by atoms with Crippen LogP contribution in [-0.4, -0.2) is 29.5 Å². The predicted molar refractivity (Wildman–Crippen MR) is 90.8 cm³/mol. The molecule has 1 aromatic carbocycles. The standard InChI is InChI=1S/C17H25NO3S/c1-4-9-15(14-10-7-6-8-11-14)18-17(20)13(3)22-12-16(19)21-5-2/h6-8,10-11,13,15H,4-5,9,12H2,1-3H3,(H,18,20). The molecule has 0 aliphatic rings. The highest BCUT2D eigenvalue weighted by molar-refractivity contribution is 8.01. The number of carbonyl (C=O) groups is 2. The van der Waals surface area contributed by atoms with Crippen LogP contribution in [0, 0.1) is 0 Å². The molecular formula is C17H25NO3S. The number of rotatable bonds is 9. The topological polar surface area (TPSA) is 55.4 Å². The van der Waals surface area contributed by atoms with Gasteiger partial charge in [0.1, 0.15) is 0 Å². The van der Waals surface area contributed by atoms with E-state index in [1.54, 1.807) is 6.92 Å². The van der Waals surface area contributed by atoms with Gasteiger partial charge in [0.25, 0.3) is 0 Å². The quantitative estimate of drug-likeness (QED) is 0.708.